The fourth-order valence-corrected chi connectivity index (χ4v) is 2.46. The van der Waals surface area contributed by atoms with E-state index in [2.05, 4.69) is 0 Å². The Morgan fingerprint density at radius 1 is 1.32 bits per heavy atom. The molecule has 19 heavy (non-hydrogen) atoms. The van der Waals surface area contributed by atoms with Crippen LogP contribution < -0.4 is 0 Å². The lowest BCUT2D eigenvalue weighted by Crippen LogP contribution is -2.36. The summed E-state index contributed by atoms with van der Waals surface area (Å²) in [5, 5.41) is 0.713. The lowest BCUT2D eigenvalue weighted by atomic mass is 10.1. The van der Waals surface area contributed by atoms with Crippen molar-refractivity contribution < 1.29 is 9.53 Å². The highest BCUT2D eigenvalue weighted by Crippen LogP contribution is 2.33. The summed E-state index contributed by atoms with van der Waals surface area (Å²) in [5.41, 5.74) is 0.664. The number of hydrogen-bond donors (Lipinski definition) is 0. The third-order valence-corrected chi connectivity index (χ3v) is 3.39. The molecule has 4 heteroatoms. The van der Waals surface area contributed by atoms with Gasteiger partial charge >= 0.3 is 6.09 Å². The Labute approximate surface area is 119 Å². The fourth-order valence-electron chi connectivity index (χ4n) is 2.34. The minimum Gasteiger partial charge on any atom is -0.444 e. The maximum atomic E-state index is 12.2. The molecule has 0 saturated carbocycles. The highest BCUT2D eigenvalue weighted by molar-refractivity contribution is 6.30. The molecule has 1 heterocycles. The van der Waals surface area contributed by atoms with E-state index < -0.39 is 5.60 Å². The molecule has 3 nitrogen and oxygen atoms in total. The van der Waals surface area contributed by atoms with Gasteiger partial charge in [0.15, 0.2) is 0 Å². The first-order chi connectivity index (χ1) is 8.87. The molecule has 1 atom stereocenters. The summed E-state index contributed by atoms with van der Waals surface area (Å²) >= 11 is 5.90. The van der Waals surface area contributed by atoms with Crippen LogP contribution in [0.1, 0.15) is 45.2 Å². The summed E-state index contributed by atoms with van der Waals surface area (Å²) in [4.78, 5) is 14.0. The normalized spacial score (nSPS) is 19.6. The van der Waals surface area contributed by atoms with Gasteiger partial charge in [0, 0.05) is 11.6 Å². The standard InChI is InChI=1S/C15H20ClNO2/c1-15(2,3)19-14(18)17-10-4-5-13(17)11-6-8-12(16)9-7-11/h6-9,13H,4-5,10H2,1-3H3/t13-/m1/s1. The van der Waals surface area contributed by atoms with Crippen molar-refractivity contribution in [2.45, 2.75) is 45.3 Å². The van der Waals surface area contributed by atoms with Crippen molar-refractivity contribution in [1.82, 2.24) is 4.90 Å². The Morgan fingerprint density at radius 2 is 1.95 bits per heavy atom. The van der Waals surface area contributed by atoms with Crippen LogP contribution in [0.25, 0.3) is 0 Å². The summed E-state index contributed by atoms with van der Waals surface area (Å²) in [6.07, 6.45) is 1.75. The number of carbonyl (C=O) groups is 1. The van der Waals surface area contributed by atoms with Crippen molar-refractivity contribution in [3.05, 3.63) is 34.9 Å². The van der Waals surface area contributed by atoms with Gasteiger partial charge in [-0.1, -0.05) is 23.7 Å². The van der Waals surface area contributed by atoms with E-state index in [0.717, 1.165) is 24.9 Å². The van der Waals surface area contributed by atoms with Crippen LogP contribution in [0.15, 0.2) is 24.3 Å². The zero-order valence-electron chi connectivity index (χ0n) is 11.6. The molecular weight excluding hydrogens is 262 g/mol. The van der Waals surface area contributed by atoms with E-state index in [1.807, 2.05) is 49.9 Å². The summed E-state index contributed by atoms with van der Waals surface area (Å²) < 4.78 is 5.46. The van der Waals surface area contributed by atoms with Gasteiger partial charge in [0.1, 0.15) is 5.60 Å². The number of rotatable bonds is 1. The number of amides is 1. The molecule has 1 aliphatic rings. The van der Waals surface area contributed by atoms with Gasteiger partial charge in [-0.25, -0.2) is 4.79 Å². The van der Waals surface area contributed by atoms with E-state index in [9.17, 15) is 4.79 Å². The largest absolute Gasteiger partial charge is 0.444 e. The van der Waals surface area contributed by atoms with Crippen molar-refractivity contribution >= 4 is 17.7 Å². The Bertz CT molecular complexity index is 450. The average Bonchev–Trinajstić information content (AvgIpc) is 2.76. The highest BCUT2D eigenvalue weighted by Gasteiger charge is 2.32. The van der Waals surface area contributed by atoms with Gasteiger partial charge in [-0.2, -0.15) is 0 Å². The first kappa shape index (κ1) is 14.2. The van der Waals surface area contributed by atoms with Crippen LogP contribution in [-0.2, 0) is 4.74 Å². The molecule has 1 amide bonds. The van der Waals surface area contributed by atoms with Crippen molar-refractivity contribution in [1.29, 1.82) is 0 Å². The van der Waals surface area contributed by atoms with E-state index in [4.69, 9.17) is 16.3 Å². The zero-order chi connectivity index (χ0) is 14.0. The number of carbonyl (C=O) groups excluding carboxylic acids is 1. The minimum absolute atomic E-state index is 0.104. The number of benzene rings is 1. The van der Waals surface area contributed by atoms with Crippen molar-refractivity contribution in [2.24, 2.45) is 0 Å². The molecule has 0 aliphatic carbocycles. The lowest BCUT2D eigenvalue weighted by molar-refractivity contribution is 0.0224. The summed E-state index contributed by atoms with van der Waals surface area (Å²) in [7, 11) is 0. The smallest absolute Gasteiger partial charge is 0.410 e. The number of ether oxygens (including phenoxy) is 1. The van der Waals surface area contributed by atoms with Crippen LogP contribution in [-0.4, -0.2) is 23.1 Å². The van der Waals surface area contributed by atoms with Gasteiger partial charge < -0.3 is 9.64 Å². The van der Waals surface area contributed by atoms with Crippen LogP contribution in [0.4, 0.5) is 4.79 Å². The first-order valence-corrected chi connectivity index (χ1v) is 7.00. The molecule has 104 valence electrons. The first-order valence-electron chi connectivity index (χ1n) is 6.62. The SMILES string of the molecule is CC(C)(C)OC(=O)N1CCC[C@@H]1c1ccc(Cl)cc1. The second-order valence-corrected chi connectivity index (χ2v) is 6.32. The number of halogens is 1. The molecule has 1 fully saturated rings. The van der Waals surface area contributed by atoms with Gasteiger partial charge in [-0.3, -0.25) is 0 Å². The predicted octanol–water partition coefficient (Wildman–Crippen LogP) is 4.41. The monoisotopic (exact) mass is 281 g/mol. The molecular formula is C15H20ClNO2. The fraction of sp³-hybridized carbons (Fsp3) is 0.533. The number of nitrogens with zero attached hydrogens (tertiary/aromatic N) is 1. The van der Waals surface area contributed by atoms with Crippen molar-refractivity contribution in [2.75, 3.05) is 6.54 Å². The molecule has 0 aromatic heterocycles. The Kier molecular flexibility index (Phi) is 4.04. The van der Waals surface area contributed by atoms with Gasteiger partial charge in [0.05, 0.1) is 6.04 Å². The molecule has 2 rings (SSSR count). The van der Waals surface area contributed by atoms with E-state index in [1.165, 1.54) is 0 Å². The minimum atomic E-state index is -0.454. The summed E-state index contributed by atoms with van der Waals surface area (Å²) in [6, 6.07) is 7.79. The molecule has 1 aromatic rings. The molecule has 0 spiro atoms. The van der Waals surface area contributed by atoms with Gasteiger partial charge in [0.25, 0.3) is 0 Å². The van der Waals surface area contributed by atoms with E-state index in [1.54, 1.807) is 0 Å². The van der Waals surface area contributed by atoms with Crippen LogP contribution in [0, 0.1) is 0 Å². The van der Waals surface area contributed by atoms with E-state index >= 15 is 0 Å². The summed E-state index contributed by atoms with van der Waals surface area (Å²) in [5.74, 6) is 0. The molecule has 1 aromatic carbocycles. The maximum Gasteiger partial charge on any atom is 0.410 e. The molecule has 1 saturated heterocycles. The lowest BCUT2D eigenvalue weighted by Gasteiger charge is -2.28. The third-order valence-electron chi connectivity index (χ3n) is 3.14. The van der Waals surface area contributed by atoms with Crippen LogP contribution in [0.5, 0.6) is 0 Å². The van der Waals surface area contributed by atoms with Crippen molar-refractivity contribution in [3.8, 4) is 0 Å². The maximum absolute atomic E-state index is 12.2. The van der Waals surface area contributed by atoms with E-state index in [0.29, 0.717) is 5.02 Å². The third kappa shape index (κ3) is 3.63. The molecule has 0 unspecified atom stereocenters. The Balaban J connectivity index is 2.12. The van der Waals surface area contributed by atoms with Gasteiger partial charge in [-0.05, 0) is 51.3 Å². The quantitative estimate of drug-likeness (QED) is 0.763. The second-order valence-electron chi connectivity index (χ2n) is 5.88. The second kappa shape index (κ2) is 5.41. The highest BCUT2D eigenvalue weighted by atomic mass is 35.5. The van der Waals surface area contributed by atoms with Gasteiger partial charge in [-0.15, -0.1) is 0 Å². The van der Waals surface area contributed by atoms with Crippen LogP contribution in [0.3, 0.4) is 0 Å². The topological polar surface area (TPSA) is 29.5 Å². The number of likely N-dealkylation sites (tertiary alicyclic amines) is 1. The molecule has 0 bridgehead atoms. The zero-order valence-corrected chi connectivity index (χ0v) is 12.4. The van der Waals surface area contributed by atoms with Crippen LogP contribution in [0.2, 0.25) is 5.02 Å². The summed E-state index contributed by atoms with van der Waals surface area (Å²) in [6.45, 7) is 6.41. The molecule has 0 N–H and O–H groups in total. The molecule has 1 aliphatic heterocycles. The van der Waals surface area contributed by atoms with Crippen molar-refractivity contribution in [3.63, 3.8) is 0 Å². The Morgan fingerprint density at radius 3 is 2.53 bits per heavy atom. The predicted molar refractivity (Wildman–Crippen MR) is 76.4 cm³/mol. The number of hydrogen-bond acceptors (Lipinski definition) is 2. The van der Waals surface area contributed by atoms with Crippen LogP contribution >= 0.6 is 11.6 Å². The average molecular weight is 282 g/mol. The van der Waals surface area contributed by atoms with E-state index in [-0.39, 0.29) is 12.1 Å². The van der Waals surface area contributed by atoms with Gasteiger partial charge in [0.2, 0.25) is 0 Å². The Hall–Kier alpha value is -1.22. The molecule has 0 radical (unpaired) electrons.